The molecule has 0 saturated carbocycles. The van der Waals surface area contributed by atoms with E-state index in [-0.39, 0.29) is 11.9 Å². The summed E-state index contributed by atoms with van der Waals surface area (Å²) >= 11 is 1.62. The summed E-state index contributed by atoms with van der Waals surface area (Å²) in [6.07, 6.45) is 4.06. The maximum Gasteiger partial charge on any atom is 0.317 e. The number of urea groups is 1. The van der Waals surface area contributed by atoms with Crippen LogP contribution in [0.1, 0.15) is 50.0 Å². The third-order valence-electron chi connectivity index (χ3n) is 4.75. The standard InChI is InChI=1S/C19H27N5OS/c1-14(2)24-17(21-22-19(24)26-3)16-10-7-11-23(13-16)18(25)20-12-15-8-5-4-6-9-15/h4-6,8-9,14,16H,7,10-13H2,1-3H3,(H,20,25). The first kappa shape index (κ1) is 18.8. The van der Waals surface area contributed by atoms with E-state index in [4.69, 9.17) is 0 Å². The number of carbonyl (C=O) groups is 1. The van der Waals surface area contributed by atoms with E-state index in [1.165, 1.54) is 0 Å². The van der Waals surface area contributed by atoms with Gasteiger partial charge in [-0.1, -0.05) is 42.1 Å². The van der Waals surface area contributed by atoms with E-state index < -0.39 is 0 Å². The van der Waals surface area contributed by atoms with Crippen LogP contribution in [-0.4, -0.2) is 45.0 Å². The summed E-state index contributed by atoms with van der Waals surface area (Å²) < 4.78 is 2.21. The van der Waals surface area contributed by atoms with Crippen molar-refractivity contribution < 1.29 is 4.79 Å². The highest BCUT2D eigenvalue weighted by Gasteiger charge is 2.29. The number of hydrogen-bond acceptors (Lipinski definition) is 4. The molecule has 0 spiro atoms. The van der Waals surface area contributed by atoms with Gasteiger partial charge in [0, 0.05) is 31.6 Å². The van der Waals surface area contributed by atoms with Gasteiger partial charge in [0.1, 0.15) is 5.82 Å². The number of likely N-dealkylation sites (tertiary alicyclic amines) is 1. The molecule has 1 atom stereocenters. The van der Waals surface area contributed by atoms with Crippen molar-refractivity contribution in [3.05, 3.63) is 41.7 Å². The van der Waals surface area contributed by atoms with Crippen LogP contribution < -0.4 is 5.32 Å². The van der Waals surface area contributed by atoms with E-state index in [0.717, 1.165) is 35.9 Å². The van der Waals surface area contributed by atoms with Crippen LogP contribution in [0.25, 0.3) is 0 Å². The second-order valence-electron chi connectivity index (χ2n) is 6.94. The molecule has 1 aromatic heterocycles. The van der Waals surface area contributed by atoms with Gasteiger partial charge in [0.2, 0.25) is 0 Å². The second kappa shape index (κ2) is 8.58. The van der Waals surface area contributed by atoms with Crippen molar-refractivity contribution in [1.29, 1.82) is 0 Å². The van der Waals surface area contributed by atoms with Crippen LogP contribution in [-0.2, 0) is 6.54 Å². The monoisotopic (exact) mass is 373 g/mol. The van der Waals surface area contributed by atoms with Gasteiger partial charge in [-0.15, -0.1) is 10.2 Å². The lowest BCUT2D eigenvalue weighted by Gasteiger charge is -2.33. The molecule has 1 unspecified atom stereocenters. The van der Waals surface area contributed by atoms with Crippen LogP contribution >= 0.6 is 11.8 Å². The lowest BCUT2D eigenvalue weighted by Crippen LogP contribution is -2.45. The molecule has 140 valence electrons. The van der Waals surface area contributed by atoms with Crippen molar-refractivity contribution in [3.63, 3.8) is 0 Å². The fourth-order valence-corrected chi connectivity index (χ4v) is 4.07. The van der Waals surface area contributed by atoms with Gasteiger partial charge in [0.25, 0.3) is 0 Å². The summed E-state index contributed by atoms with van der Waals surface area (Å²) in [6.45, 7) is 6.35. The molecular formula is C19H27N5OS. The molecule has 26 heavy (non-hydrogen) atoms. The number of benzene rings is 1. The highest BCUT2D eigenvalue weighted by Crippen LogP contribution is 2.30. The third kappa shape index (κ3) is 4.20. The Balaban J connectivity index is 1.66. The first-order chi connectivity index (χ1) is 12.6. The molecular weight excluding hydrogens is 346 g/mol. The number of aromatic nitrogens is 3. The number of piperidine rings is 1. The molecule has 2 amide bonds. The zero-order chi connectivity index (χ0) is 18.5. The van der Waals surface area contributed by atoms with Gasteiger partial charge in [-0.25, -0.2) is 4.79 Å². The van der Waals surface area contributed by atoms with Crippen molar-refractivity contribution in [2.24, 2.45) is 0 Å². The van der Waals surface area contributed by atoms with Crippen LogP contribution in [0, 0.1) is 0 Å². The van der Waals surface area contributed by atoms with E-state index >= 15 is 0 Å². The summed E-state index contributed by atoms with van der Waals surface area (Å²) in [6, 6.07) is 10.3. The summed E-state index contributed by atoms with van der Waals surface area (Å²) in [7, 11) is 0. The third-order valence-corrected chi connectivity index (χ3v) is 5.39. The molecule has 2 aromatic rings. The summed E-state index contributed by atoms with van der Waals surface area (Å²) in [5, 5.41) is 12.8. The SMILES string of the molecule is CSc1nnc(C2CCCN(C(=O)NCc3ccccc3)C2)n1C(C)C. The maximum absolute atomic E-state index is 12.6. The highest BCUT2D eigenvalue weighted by molar-refractivity contribution is 7.98. The minimum atomic E-state index is -0.000690. The average molecular weight is 374 g/mol. The van der Waals surface area contributed by atoms with E-state index in [2.05, 4.69) is 33.9 Å². The smallest absolute Gasteiger partial charge is 0.317 e. The molecule has 1 saturated heterocycles. The fourth-order valence-electron chi connectivity index (χ4n) is 3.45. The highest BCUT2D eigenvalue weighted by atomic mass is 32.2. The number of hydrogen-bond donors (Lipinski definition) is 1. The van der Waals surface area contributed by atoms with Crippen LogP contribution in [0.3, 0.4) is 0 Å². The van der Waals surface area contributed by atoms with Crippen LogP contribution in [0.15, 0.2) is 35.5 Å². The molecule has 7 heteroatoms. The topological polar surface area (TPSA) is 63.1 Å². The summed E-state index contributed by atoms with van der Waals surface area (Å²) in [5.41, 5.74) is 1.11. The van der Waals surface area contributed by atoms with Crippen LogP contribution in [0.2, 0.25) is 0 Å². The molecule has 1 N–H and O–H groups in total. The Bertz CT molecular complexity index is 731. The molecule has 3 rings (SSSR count). The molecule has 1 aromatic carbocycles. The van der Waals surface area contributed by atoms with Crippen molar-refractivity contribution in [1.82, 2.24) is 25.0 Å². The number of rotatable bonds is 5. The van der Waals surface area contributed by atoms with Crippen LogP contribution in [0.4, 0.5) is 4.79 Å². The molecule has 1 fully saturated rings. The molecule has 1 aliphatic heterocycles. The predicted molar refractivity (Wildman–Crippen MR) is 104 cm³/mol. The van der Waals surface area contributed by atoms with Gasteiger partial charge >= 0.3 is 6.03 Å². The van der Waals surface area contributed by atoms with Gasteiger partial charge in [-0.2, -0.15) is 0 Å². The molecule has 0 radical (unpaired) electrons. The van der Waals surface area contributed by atoms with Gasteiger partial charge in [-0.3, -0.25) is 0 Å². The zero-order valence-electron chi connectivity index (χ0n) is 15.7. The maximum atomic E-state index is 12.6. The molecule has 0 bridgehead atoms. The van der Waals surface area contributed by atoms with Gasteiger partial charge in [0.15, 0.2) is 5.16 Å². The Morgan fingerprint density at radius 1 is 1.31 bits per heavy atom. The van der Waals surface area contributed by atoms with Crippen molar-refractivity contribution in [2.75, 3.05) is 19.3 Å². The summed E-state index contributed by atoms with van der Waals surface area (Å²) in [4.78, 5) is 14.5. The molecule has 1 aliphatic rings. The number of nitrogens with one attached hydrogen (secondary N) is 1. The first-order valence-electron chi connectivity index (χ1n) is 9.15. The Morgan fingerprint density at radius 2 is 2.08 bits per heavy atom. The molecule has 2 heterocycles. The van der Waals surface area contributed by atoms with Crippen molar-refractivity contribution >= 4 is 17.8 Å². The largest absolute Gasteiger partial charge is 0.334 e. The Kier molecular flexibility index (Phi) is 6.19. The first-order valence-corrected chi connectivity index (χ1v) is 10.4. The van der Waals surface area contributed by atoms with Crippen molar-refractivity contribution in [3.8, 4) is 0 Å². The van der Waals surface area contributed by atoms with E-state index in [9.17, 15) is 4.79 Å². The zero-order valence-corrected chi connectivity index (χ0v) is 16.5. The van der Waals surface area contributed by atoms with E-state index in [1.54, 1.807) is 11.8 Å². The Morgan fingerprint density at radius 3 is 2.77 bits per heavy atom. The lowest BCUT2D eigenvalue weighted by molar-refractivity contribution is 0.176. The minimum absolute atomic E-state index is 0.000690. The number of carbonyl (C=O) groups excluding carboxylic acids is 1. The number of amides is 2. The Hall–Kier alpha value is -2.02. The second-order valence-corrected chi connectivity index (χ2v) is 7.71. The average Bonchev–Trinajstić information content (AvgIpc) is 3.11. The quantitative estimate of drug-likeness (QED) is 0.812. The summed E-state index contributed by atoms with van der Waals surface area (Å²) in [5.74, 6) is 1.24. The molecule has 0 aliphatic carbocycles. The Labute approximate surface area is 159 Å². The normalized spacial score (nSPS) is 17.5. The number of thioether (sulfide) groups is 1. The lowest BCUT2D eigenvalue weighted by atomic mass is 9.97. The van der Waals surface area contributed by atoms with Gasteiger partial charge in [-0.05, 0) is 38.5 Å². The fraction of sp³-hybridized carbons (Fsp3) is 0.526. The van der Waals surface area contributed by atoms with E-state index in [1.807, 2.05) is 41.5 Å². The van der Waals surface area contributed by atoms with Crippen molar-refractivity contribution in [2.45, 2.75) is 50.4 Å². The molecule has 6 nitrogen and oxygen atoms in total. The van der Waals surface area contributed by atoms with Gasteiger partial charge < -0.3 is 14.8 Å². The van der Waals surface area contributed by atoms with Crippen LogP contribution in [0.5, 0.6) is 0 Å². The van der Waals surface area contributed by atoms with E-state index in [0.29, 0.717) is 19.1 Å². The predicted octanol–water partition coefficient (Wildman–Crippen LogP) is 3.67. The minimum Gasteiger partial charge on any atom is -0.334 e. The number of nitrogens with zero attached hydrogens (tertiary/aromatic N) is 4. The van der Waals surface area contributed by atoms with Gasteiger partial charge in [0.05, 0.1) is 0 Å².